The molecule has 0 radical (unpaired) electrons. The van der Waals surface area contributed by atoms with E-state index >= 15 is 0 Å². The highest BCUT2D eigenvalue weighted by Gasteiger charge is 2.38. The van der Waals surface area contributed by atoms with E-state index in [0.29, 0.717) is 31.0 Å². The molecule has 4 saturated heterocycles. The molecule has 2 aromatic carbocycles. The number of likely N-dealkylation sites (tertiary alicyclic amines) is 3. The molecule has 0 amide bonds. The molecule has 0 aliphatic carbocycles. The summed E-state index contributed by atoms with van der Waals surface area (Å²) in [6, 6.07) is 23.1. The van der Waals surface area contributed by atoms with Crippen molar-refractivity contribution in [3.8, 4) is 0 Å². The second-order valence-electron chi connectivity index (χ2n) is 10.6. The average Bonchev–Trinajstić information content (AvgIpc) is 2.84. The molecule has 4 aliphatic rings. The lowest BCUT2D eigenvalue weighted by Crippen LogP contribution is -2.61. The quantitative estimate of drug-likeness (QED) is 0.687. The molecule has 6 heteroatoms. The van der Waals surface area contributed by atoms with Gasteiger partial charge >= 0.3 is 0 Å². The van der Waals surface area contributed by atoms with E-state index in [-0.39, 0.29) is 0 Å². The molecule has 0 unspecified atom stereocenters. The molecule has 35 heavy (non-hydrogen) atoms. The van der Waals surface area contributed by atoms with Crippen LogP contribution in [-0.4, -0.2) is 91.5 Å². The highest BCUT2D eigenvalue weighted by molar-refractivity contribution is 5.32. The summed E-state index contributed by atoms with van der Waals surface area (Å²) < 4.78 is 26.1. The van der Waals surface area contributed by atoms with Crippen LogP contribution >= 0.6 is 0 Å². The summed E-state index contributed by atoms with van der Waals surface area (Å²) in [4.78, 5) is 7.45. The summed E-state index contributed by atoms with van der Waals surface area (Å²) in [5.74, 6) is 0. The fourth-order valence-corrected chi connectivity index (χ4v) is 5.81. The third-order valence-corrected chi connectivity index (χ3v) is 8.20. The number of nitrogens with zero attached hydrogens (tertiary/aromatic N) is 3. The van der Waals surface area contributed by atoms with Crippen molar-refractivity contribution in [1.82, 2.24) is 20.0 Å². The molecule has 0 atom stereocenters. The van der Waals surface area contributed by atoms with Crippen LogP contribution in [-0.2, 0) is 0 Å². The second kappa shape index (κ2) is 11.9. The Bertz CT molecular complexity index is 833. The first-order chi connectivity index (χ1) is 17.2. The highest BCUT2D eigenvalue weighted by Crippen LogP contribution is 2.34. The minimum atomic E-state index is -0.584. The fourth-order valence-electron chi connectivity index (χ4n) is 5.81. The van der Waals surface area contributed by atoms with Gasteiger partial charge in [0.2, 0.25) is 0 Å². The Morgan fingerprint density at radius 2 is 1.06 bits per heavy atom. The van der Waals surface area contributed by atoms with Crippen LogP contribution in [0.25, 0.3) is 0 Å². The minimum absolute atomic E-state index is 0.322. The number of alkyl halides is 2. The van der Waals surface area contributed by atoms with Gasteiger partial charge in [-0.15, -0.1) is 0 Å². The first kappa shape index (κ1) is 24.8. The molecule has 4 fully saturated rings. The first-order valence-corrected chi connectivity index (χ1v) is 13.5. The predicted molar refractivity (Wildman–Crippen MR) is 138 cm³/mol. The molecule has 0 spiro atoms. The Hall–Kier alpha value is -1.86. The fraction of sp³-hybridized carbons (Fsp3) is 0.586. The van der Waals surface area contributed by atoms with Crippen LogP contribution in [0.2, 0.25) is 0 Å². The van der Waals surface area contributed by atoms with Crippen molar-refractivity contribution < 1.29 is 8.78 Å². The average molecular weight is 483 g/mol. The molecule has 4 aliphatic heterocycles. The van der Waals surface area contributed by atoms with Gasteiger partial charge in [-0.1, -0.05) is 60.7 Å². The van der Waals surface area contributed by atoms with Crippen LogP contribution < -0.4 is 5.32 Å². The summed E-state index contributed by atoms with van der Waals surface area (Å²) >= 11 is 0. The van der Waals surface area contributed by atoms with Crippen molar-refractivity contribution in [3.63, 3.8) is 0 Å². The van der Waals surface area contributed by atoms with Gasteiger partial charge in [-0.2, -0.15) is 0 Å². The first-order valence-electron chi connectivity index (χ1n) is 13.5. The molecule has 0 saturated carbocycles. The number of rotatable bonds is 5. The van der Waals surface area contributed by atoms with Gasteiger partial charge in [0.15, 0.2) is 0 Å². The molecule has 190 valence electrons. The summed E-state index contributed by atoms with van der Waals surface area (Å²) in [6.07, 6.45) is 1.79. The van der Waals surface area contributed by atoms with Gasteiger partial charge in [-0.3, -0.25) is 14.7 Å². The van der Waals surface area contributed by atoms with Crippen molar-refractivity contribution in [2.75, 3.05) is 52.4 Å². The maximum atomic E-state index is 13.4. The molecule has 2 aromatic rings. The van der Waals surface area contributed by atoms with Crippen LogP contribution in [0.1, 0.15) is 42.9 Å². The number of piperidine rings is 2. The van der Waals surface area contributed by atoms with Gasteiger partial charge in [-0.25, -0.2) is 8.78 Å². The Morgan fingerprint density at radius 3 is 1.46 bits per heavy atom. The second-order valence-corrected chi connectivity index (χ2v) is 10.6. The van der Waals surface area contributed by atoms with Gasteiger partial charge in [0, 0.05) is 64.4 Å². The Balaban J connectivity index is 0.000000192. The smallest absolute Gasteiger partial charge is 0.103 e. The number of benzene rings is 2. The topological polar surface area (TPSA) is 21.8 Å². The zero-order valence-electron chi connectivity index (χ0n) is 20.7. The normalized spacial score (nSPS) is 24.0. The zero-order valence-corrected chi connectivity index (χ0v) is 20.7. The van der Waals surface area contributed by atoms with Crippen LogP contribution in [0.15, 0.2) is 60.7 Å². The molecular formula is C29H40F2N4. The summed E-state index contributed by atoms with van der Waals surface area (Å²) in [5, 5.41) is 3.23. The lowest BCUT2D eigenvalue weighted by molar-refractivity contribution is -0.00514. The number of nitrogens with one attached hydrogen (secondary N) is 1. The molecule has 4 heterocycles. The van der Waals surface area contributed by atoms with E-state index in [1.54, 1.807) is 0 Å². The molecule has 4 nitrogen and oxygen atoms in total. The van der Waals surface area contributed by atoms with Gasteiger partial charge < -0.3 is 5.32 Å². The van der Waals surface area contributed by atoms with E-state index in [4.69, 9.17) is 0 Å². The van der Waals surface area contributed by atoms with Crippen molar-refractivity contribution in [2.24, 2.45) is 0 Å². The van der Waals surface area contributed by atoms with Gasteiger partial charge in [0.25, 0.3) is 0 Å². The van der Waals surface area contributed by atoms with E-state index in [9.17, 15) is 8.78 Å². The third-order valence-electron chi connectivity index (χ3n) is 8.20. The van der Waals surface area contributed by atoms with Crippen molar-refractivity contribution in [3.05, 3.63) is 71.8 Å². The molecular weight excluding hydrogens is 442 g/mol. The maximum Gasteiger partial charge on any atom is 0.103 e. The Kier molecular flexibility index (Phi) is 8.45. The van der Waals surface area contributed by atoms with E-state index in [1.807, 2.05) is 0 Å². The van der Waals surface area contributed by atoms with Gasteiger partial charge in [0.1, 0.15) is 12.3 Å². The van der Waals surface area contributed by atoms with Crippen LogP contribution in [0.3, 0.4) is 0 Å². The van der Waals surface area contributed by atoms with Crippen LogP contribution in [0.5, 0.6) is 0 Å². The van der Waals surface area contributed by atoms with E-state index < -0.39 is 12.3 Å². The third kappa shape index (κ3) is 6.29. The highest BCUT2D eigenvalue weighted by atomic mass is 19.1. The number of hydrogen-bond acceptors (Lipinski definition) is 4. The SMILES string of the molecule is FC1CCN(C2CN(C(c3ccccc3)c3ccccc3)C2)CC1.FC1CCN(C2CNC2)CC1. The lowest BCUT2D eigenvalue weighted by Gasteiger charge is -2.50. The zero-order chi connectivity index (χ0) is 24.0. The van der Waals surface area contributed by atoms with Crippen LogP contribution in [0.4, 0.5) is 8.78 Å². The lowest BCUT2D eigenvalue weighted by atomic mass is 9.92. The van der Waals surface area contributed by atoms with E-state index in [0.717, 1.165) is 65.2 Å². The number of hydrogen-bond donors (Lipinski definition) is 1. The molecule has 1 N–H and O–H groups in total. The van der Waals surface area contributed by atoms with E-state index in [1.165, 1.54) is 11.1 Å². The Labute approximate surface area is 209 Å². The largest absolute Gasteiger partial charge is 0.314 e. The number of halogens is 2. The standard InChI is InChI=1S/C21H25FN2.C8H15FN2/c22-19-11-13-23(14-12-19)20-15-24(16-20)21(17-7-3-1-4-8-17)18-9-5-2-6-10-18;9-7-1-3-11(4-2-7)8-5-10-6-8/h1-10,19-21H,11-16H2;7-8,10H,1-6H2. The predicted octanol–water partition coefficient (Wildman–Crippen LogP) is 4.29. The molecule has 0 aromatic heterocycles. The monoisotopic (exact) mass is 482 g/mol. The van der Waals surface area contributed by atoms with Gasteiger partial charge in [0.05, 0.1) is 6.04 Å². The van der Waals surface area contributed by atoms with Crippen molar-refractivity contribution in [2.45, 2.75) is 56.2 Å². The van der Waals surface area contributed by atoms with Crippen molar-refractivity contribution >= 4 is 0 Å². The molecule has 0 bridgehead atoms. The van der Waals surface area contributed by atoms with E-state index in [2.05, 4.69) is 80.7 Å². The summed E-state index contributed by atoms with van der Waals surface area (Å²) in [5.41, 5.74) is 2.70. The maximum absolute atomic E-state index is 13.4. The van der Waals surface area contributed by atoms with Gasteiger partial charge in [-0.05, 0) is 36.8 Å². The molecule has 6 rings (SSSR count). The van der Waals surface area contributed by atoms with Crippen LogP contribution in [0, 0.1) is 0 Å². The summed E-state index contributed by atoms with van der Waals surface area (Å²) in [7, 11) is 0. The Morgan fingerprint density at radius 1 is 0.629 bits per heavy atom. The van der Waals surface area contributed by atoms with Crippen molar-refractivity contribution in [1.29, 1.82) is 0 Å². The minimum Gasteiger partial charge on any atom is -0.314 e. The summed E-state index contributed by atoms with van der Waals surface area (Å²) in [6.45, 7) is 8.13.